The van der Waals surface area contributed by atoms with Gasteiger partial charge in [-0.1, -0.05) is 0 Å². The number of anilines is 3. The lowest BCUT2D eigenvalue weighted by atomic mass is 10.2. The number of nitrogens with zero attached hydrogens (tertiary/aromatic N) is 5. The third-order valence-corrected chi connectivity index (χ3v) is 5.29. The van der Waals surface area contributed by atoms with Crippen molar-refractivity contribution in [2.24, 2.45) is 7.05 Å². The van der Waals surface area contributed by atoms with Crippen LogP contribution in [0.2, 0.25) is 0 Å². The third kappa shape index (κ3) is 4.23. The molecule has 0 aliphatic carbocycles. The molecule has 25 heavy (non-hydrogen) atoms. The smallest absolute Gasteiger partial charge is 0.229 e. The minimum absolute atomic E-state index is 0.0294. The van der Waals surface area contributed by atoms with Crippen molar-refractivity contribution in [1.29, 1.82) is 0 Å². The van der Waals surface area contributed by atoms with Crippen molar-refractivity contribution in [2.75, 3.05) is 30.0 Å². The van der Waals surface area contributed by atoms with Crippen molar-refractivity contribution >= 4 is 27.5 Å². The van der Waals surface area contributed by atoms with Gasteiger partial charge in [0.2, 0.25) is 16.0 Å². The van der Waals surface area contributed by atoms with Gasteiger partial charge < -0.3 is 10.6 Å². The van der Waals surface area contributed by atoms with Gasteiger partial charge >= 0.3 is 0 Å². The average Bonchev–Trinajstić information content (AvgIpc) is 3.16. The van der Waals surface area contributed by atoms with Crippen molar-refractivity contribution in [3.8, 4) is 0 Å². The predicted molar refractivity (Wildman–Crippen MR) is 91.5 cm³/mol. The summed E-state index contributed by atoms with van der Waals surface area (Å²) in [7, 11) is -1.49. The van der Waals surface area contributed by atoms with Crippen molar-refractivity contribution in [3.05, 3.63) is 24.4 Å². The van der Waals surface area contributed by atoms with Crippen LogP contribution >= 0.6 is 0 Å². The zero-order chi connectivity index (χ0) is 18.0. The van der Waals surface area contributed by atoms with E-state index in [1.165, 1.54) is 10.6 Å². The van der Waals surface area contributed by atoms with Crippen LogP contribution in [0.4, 0.5) is 21.8 Å². The number of nitrogens with one attached hydrogen (secondary N) is 2. The summed E-state index contributed by atoms with van der Waals surface area (Å²) in [4.78, 5) is 8.01. The zero-order valence-corrected chi connectivity index (χ0v) is 14.8. The van der Waals surface area contributed by atoms with E-state index in [9.17, 15) is 12.8 Å². The van der Waals surface area contributed by atoms with E-state index in [1.807, 2.05) is 0 Å². The number of rotatable bonds is 6. The molecular formula is C14H20FN7O2S. The Morgan fingerprint density at radius 1 is 1.40 bits per heavy atom. The quantitative estimate of drug-likeness (QED) is 0.780. The Kier molecular flexibility index (Phi) is 4.86. The summed E-state index contributed by atoms with van der Waals surface area (Å²) < 4.78 is 40.5. The number of hydrogen-bond acceptors (Lipinski definition) is 7. The number of sulfonamides is 1. The predicted octanol–water partition coefficient (Wildman–Crippen LogP) is 0.929. The fourth-order valence-corrected chi connectivity index (χ4v) is 4.01. The van der Waals surface area contributed by atoms with Crippen LogP contribution in [0, 0.1) is 5.82 Å². The molecule has 0 aromatic carbocycles. The van der Waals surface area contributed by atoms with Crippen LogP contribution in [-0.2, 0) is 17.1 Å². The second kappa shape index (κ2) is 6.92. The van der Waals surface area contributed by atoms with Gasteiger partial charge in [-0.25, -0.2) is 17.8 Å². The third-order valence-electron chi connectivity index (χ3n) is 3.96. The van der Waals surface area contributed by atoms with E-state index in [2.05, 4.69) is 25.7 Å². The van der Waals surface area contributed by atoms with Crippen molar-refractivity contribution in [3.63, 3.8) is 0 Å². The number of aryl methyl sites for hydroxylation is 1. The van der Waals surface area contributed by atoms with E-state index in [0.717, 1.165) is 19.0 Å². The molecule has 2 N–H and O–H groups in total. The second-order valence-electron chi connectivity index (χ2n) is 5.97. The van der Waals surface area contributed by atoms with Crippen molar-refractivity contribution < 1.29 is 12.8 Å². The number of hydrogen-bond donors (Lipinski definition) is 2. The van der Waals surface area contributed by atoms with Gasteiger partial charge in [-0.3, -0.25) is 4.68 Å². The fraction of sp³-hybridized carbons (Fsp3) is 0.500. The molecule has 1 atom stereocenters. The second-order valence-corrected chi connectivity index (χ2v) is 7.90. The molecule has 1 aliphatic rings. The molecule has 136 valence electrons. The van der Waals surface area contributed by atoms with Crippen LogP contribution in [0.5, 0.6) is 0 Å². The minimum Gasteiger partial charge on any atom is -0.366 e. The normalized spacial score (nSPS) is 18.4. The zero-order valence-electron chi connectivity index (χ0n) is 14.0. The highest BCUT2D eigenvalue weighted by molar-refractivity contribution is 7.88. The Hall–Kier alpha value is -2.27. The summed E-state index contributed by atoms with van der Waals surface area (Å²) in [5.74, 6) is -0.342. The average molecular weight is 369 g/mol. The van der Waals surface area contributed by atoms with E-state index in [-0.39, 0.29) is 24.4 Å². The van der Waals surface area contributed by atoms with Crippen LogP contribution < -0.4 is 10.6 Å². The maximum atomic E-state index is 14.0. The van der Waals surface area contributed by atoms with Crippen LogP contribution in [0.3, 0.4) is 0 Å². The van der Waals surface area contributed by atoms with Crippen LogP contribution in [0.15, 0.2) is 18.6 Å². The number of halogens is 1. The standard InChI is InChI=1S/C14H20FN7O2S/c1-21-9-10(6-18-21)19-14-17-8-12(15)13(20-14)16-7-11-4-3-5-22(11)25(2,23)24/h6,8-9,11H,3-5,7H2,1-2H3,(H2,16,17,19,20). The Morgan fingerprint density at radius 3 is 2.88 bits per heavy atom. The van der Waals surface area contributed by atoms with E-state index in [4.69, 9.17) is 0 Å². The summed E-state index contributed by atoms with van der Waals surface area (Å²) in [5.41, 5.74) is 0.680. The molecule has 0 radical (unpaired) electrons. The highest BCUT2D eigenvalue weighted by Crippen LogP contribution is 2.22. The highest BCUT2D eigenvalue weighted by Gasteiger charge is 2.31. The lowest BCUT2D eigenvalue weighted by Crippen LogP contribution is -2.39. The Bertz CT molecular complexity index is 855. The molecule has 3 rings (SSSR count). The summed E-state index contributed by atoms with van der Waals surface area (Å²) in [6.07, 6.45) is 7.11. The first-order chi connectivity index (χ1) is 11.8. The maximum Gasteiger partial charge on any atom is 0.229 e. The number of aromatic nitrogens is 4. The topological polar surface area (TPSA) is 105 Å². The molecule has 0 amide bonds. The van der Waals surface area contributed by atoms with Crippen LogP contribution in [0.1, 0.15) is 12.8 Å². The Labute approximate surface area is 145 Å². The monoisotopic (exact) mass is 369 g/mol. The molecule has 0 spiro atoms. The Morgan fingerprint density at radius 2 is 2.20 bits per heavy atom. The maximum absolute atomic E-state index is 14.0. The van der Waals surface area contributed by atoms with E-state index >= 15 is 0 Å². The Balaban J connectivity index is 1.68. The van der Waals surface area contributed by atoms with Crippen LogP contribution in [0.25, 0.3) is 0 Å². The highest BCUT2D eigenvalue weighted by atomic mass is 32.2. The van der Waals surface area contributed by atoms with E-state index in [0.29, 0.717) is 12.2 Å². The van der Waals surface area contributed by atoms with Crippen LogP contribution in [-0.4, -0.2) is 57.9 Å². The molecule has 0 bridgehead atoms. The van der Waals surface area contributed by atoms with Gasteiger partial charge in [0.15, 0.2) is 11.6 Å². The van der Waals surface area contributed by atoms with Gasteiger partial charge in [0.05, 0.1) is 24.3 Å². The van der Waals surface area contributed by atoms with Crippen molar-refractivity contribution in [2.45, 2.75) is 18.9 Å². The minimum atomic E-state index is -3.27. The summed E-state index contributed by atoms with van der Waals surface area (Å²) in [6, 6.07) is -0.209. The molecule has 0 saturated carbocycles. The molecule has 1 saturated heterocycles. The molecule has 3 heterocycles. The van der Waals surface area contributed by atoms with Gasteiger partial charge in [-0.05, 0) is 12.8 Å². The molecule has 9 nitrogen and oxygen atoms in total. The van der Waals surface area contributed by atoms with Gasteiger partial charge in [0.25, 0.3) is 0 Å². The molecule has 2 aromatic heterocycles. The summed E-state index contributed by atoms with van der Waals surface area (Å²) in [6.45, 7) is 0.776. The van der Waals surface area contributed by atoms with E-state index < -0.39 is 15.8 Å². The molecular weight excluding hydrogens is 349 g/mol. The lowest BCUT2D eigenvalue weighted by molar-refractivity contribution is 0.402. The van der Waals surface area contributed by atoms with Gasteiger partial charge in [0.1, 0.15) is 0 Å². The molecule has 11 heteroatoms. The van der Waals surface area contributed by atoms with Gasteiger partial charge in [-0.2, -0.15) is 14.4 Å². The summed E-state index contributed by atoms with van der Waals surface area (Å²) >= 11 is 0. The first-order valence-corrected chi connectivity index (χ1v) is 9.66. The molecule has 1 fully saturated rings. The first-order valence-electron chi connectivity index (χ1n) is 7.82. The fourth-order valence-electron chi connectivity index (χ4n) is 2.83. The van der Waals surface area contributed by atoms with Gasteiger partial charge in [0, 0.05) is 32.4 Å². The van der Waals surface area contributed by atoms with Gasteiger partial charge in [-0.15, -0.1) is 0 Å². The van der Waals surface area contributed by atoms with E-state index in [1.54, 1.807) is 24.1 Å². The lowest BCUT2D eigenvalue weighted by Gasteiger charge is -2.22. The molecule has 2 aromatic rings. The molecule has 1 aliphatic heterocycles. The van der Waals surface area contributed by atoms with Crippen molar-refractivity contribution in [1.82, 2.24) is 24.1 Å². The summed E-state index contributed by atoms with van der Waals surface area (Å²) in [5, 5.41) is 9.85. The largest absolute Gasteiger partial charge is 0.366 e. The molecule has 1 unspecified atom stereocenters. The first kappa shape index (κ1) is 17.5. The SMILES string of the molecule is Cn1cc(Nc2ncc(F)c(NCC3CCCN3S(C)(=O)=O)n2)cn1.